The number of aromatic nitrogens is 1. The molecule has 0 spiro atoms. The van der Waals surface area contributed by atoms with Gasteiger partial charge in [-0.2, -0.15) is 0 Å². The second-order valence-corrected chi connectivity index (χ2v) is 5.17. The van der Waals surface area contributed by atoms with E-state index in [1.807, 2.05) is 31.2 Å². The molecule has 1 aromatic heterocycles. The van der Waals surface area contributed by atoms with Crippen molar-refractivity contribution in [3.05, 3.63) is 48.0 Å². The fourth-order valence-electron chi connectivity index (χ4n) is 2.21. The molecule has 1 fully saturated rings. The minimum atomic E-state index is 0.567. The van der Waals surface area contributed by atoms with E-state index in [0.717, 1.165) is 12.1 Å². The lowest BCUT2D eigenvalue weighted by Crippen LogP contribution is -2.15. The van der Waals surface area contributed by atoms with E-state index in [0.29, 0.717) is 18.5 Å². The van der Waals surface area contributed by atoms with Crippen LogP contribution in [0.1, 0.15) is 25.3 Å². The molecular formula is C17H20N2O. The van der Waals surface area contributed by atoms with Crippen LogP contribution in [-0.2, 0) is 6.54 Å². The van der Waals surface area contributed by atoms with Crippen molar-refractivity contribution in [2.45, 2.75) is 32.4 Å². The average molecular weight is 268 g/mol. The summed E-state index contributed by atoms with van der Waals surface area (Å²) in [7, 11) is 0. The predicted molar refractivity (Wildman–Crippen MR) is 81.9 cm³/mol. The first-order chi connectivity index (χ1) is 9.86. The largest absolute Gasteiger partial charge is 0.473 e. The van der Waals surface area contributed by atoms with Gasteiger partial charge in [0.1, 0.15) is 6.61 Å². The van der Waals surface area contributed by atoms with Gasteiger partial charge in [0.2, 0.25) is 5.88 Å². The number of allylic oxidation sites excluding steroid dienone is 1. The summed E-state index contributed by atoms with van der Waals surface area (Å²) in [6.45, 7) is 3.44. The molecule has 1 aromatic carbocycles. The molecule has 0 atom stereocenters. The predicted octanol–water partition coefficient (Wildman–Crippen LogP) is 3.44. The maximum atomic E-state index is 5.69. The Morgan fingerprint density at radius 3 is 3.00 bits per heavy atom. The molecule has 0 radical (unpaired) electrons. The molecule has 3 nitrogen and oxygen atoms in total. The second kappa shape index (κ2) is 6.06. The third-order valence-corrected chi connectivity index (χ3v) is 3.50. The lowest BCUT2D eigenvalue weighted by molar-refractivity contribution is 0.349. The summed E-state index contributed by atoms with van der Waals surface area (Å²) in [5.74, 6) is 0.703. The van der Waals surface area contributed by atoms with Crippen molar-refractivity contribution in [3.63, 3.8) is 0 Å². The van der Waals surface area contributed by atoms with Gasteiger partial charge in [-0.05, 0) is 31.4 Å². The van der Waals surface area contributed by atoms with E-state index in [2.05, 4.69) is 28.5 Å². The molecule has 104 valence electrons. The van der Waals surface area contributed by atoms with Gasteiger partial charge in [-0.25, -0.2) is 4.98 Å². The lowest BCUT2D eigenvalue weighted by Gasteiger charge is -2.10. The number of nitrogens with one attached hydrogen (secondary N) is 1. The van der Waals surface area contributed by atoms with Gasteiger partial charge in [-0.1, -0.05) is 30.4 Å². The van der Waals surface area contributed by atoms with Gasteiger partial charge in [0.25, 0.3) is 0 Å². The van der Waals surface area contributed by atoms with E-state index in [4.69, 9.17) is 4.74 Å². The Morgan fingerprint density at radius 2 is 2.20 bits per heavy atom. The number of hydrogen-bond donors (Lipinski definition) is 1. The number of ether oxygens (including phenoxy) is 1. The molecule has 1 N–H and O–H groups in total. The van der Waals surface area contributed by atoms with Gasteiger partial charge in [-0.15, -0.1) is 0 Å². The summed E-state index contributed by atoms with van der Waals surface area (Å²) in [6, 6.07) is 11.0. The third kappa shape index (κ3) is 3.17. The number of para-hydroxylation sites is 1. The summed E-state index contributed by atoms with van der Waals surface area (Å²) in [5.41, 5.74) is 2.26. The summed E-state index contributed by atoms with van der Waals surface area (Å²) >= 11 is 0. The number of hydrogen-bond acceptors (Lipinski definition) is 3. The molecule has 0 amide bonds. The minimum absolute atomic E-state index is 0.567. The fraction of sp³-hybridized carbons (Fsp3) is 0.353. The maximum Gasteiger partial charge on any atom is 0.214 e. The van der Waals surface area contributed by atoms with Crippen LogP contribution in [0.5, 0.6) is 5.88 Å². The van der Waals surface area contributed by atoms with Crippen molar-refractivity contribution in [1.82, 2.24) is 10.3 Å². The molecule has 1 heterocycles. The van der Waals surface area contributed by atoms with Gasteiger partial charge in [0, 0.05) is 24.0 Å². The third-order valence-electron chi connectivity index (χ3n) is 3.50. The van der Waals surface area contributed by atoms with Crippen molar-refractivity contribution in [2.24, 2.45) is 0 Å². The normalized spacial score (nSPS) is 15.1. The van der Waals surface area contributed by atoms with Gasteiger partial charge in [-0.3, -0.25) is 0 Å². The first kappa shape index (κ1) is 13.1. The Hall–Kier alpha value is -1.87. The van der Waals surface area contributed by atoms with Crippen LogP contribution in [0.15, 0.2) is 42.5 Å². The van der Waals surface area contributed by atoms with Crippen LogP contribution >= 0.6 is 0 Å². The lowest BCUT2D eigenvalue weighted by atomic mass is 10.1. The van der Waals surface area contributed by atoms with Crippen LogP contribution in [0.3, 0.4) is 0 Å². The average Bonchev–Trinajstić information content (AvgIpc) is 3.29. The molecular weight excluding hydrogens is 248 g/mol. The highest BCUT2D eigenvalue weighted by Crippen LogP contribution is 2.24. The number of pyridine rings is 1. The fourth-order valence-corrected chi connectivity index (χ4v) is 2.21. The van der Waals surface area contributed by atoms with Crippen LogP contribution in [0.2, 0.25) is 0 Å². The molecule has 20 heavy (non-hydrogen) atoms. The van der Waals surface area contributed by atoms with Crippen molar-refractivity contribution >= 4 is 10.9 Å². The zero-order valence-corrected chi connectivity index (χ0v) is 11.8. The SMILES string of the molecule is CC=CCOc1cc(CNC2CC2)c2ccccc2n1. The van der Waals surface area contributed by atoms with E-state index in [1.165, 1.54) is 23.8 Å². The molecule has 3 heteroatoms. The van der Waals surface area contributed by atoms with Crippen molar-refractivity contribution in [2.75, 3.05) is 6.61 Å². The first-order valence-corrected chi connectivity index (χ1v) is 7.23. The molecule has 1 aliphatic carbocycles. The van der Waals surface area contributed by atoms with Crippen LogP contribution in [0, 0.1) is 0 Å². The highest BCUT2D eigenvalue weighted by atomic mass is 16.5. The van der Waals surface area contributed by atoms with Crippen molar-refractivity contribution in [1.29, 1.82) is 0 Å². The van der Waals surface area contributed by atoms with E-state index in [1.54, 1.807) is 0 Å². The minimum Gasteiger partial charge on any atom is -0.473 e. The second-order valence-electron chi connectivity index (χ2n) is 5.17. The Kier molecular flexibility index (Phi) is 3.97. The summed E-state index contributed by atoms with van der Waals surface area (Å²) < 4.78 is 5.69. The van der Waals surface area contributed by atoms with Crippen molar-refractivity contribution in [3.8, 4) is 5.88 Å². The van der Waals surface area contributed by atoms with Crippen LogP contribution in [-0.4, -0.2) is 17.6 Å². The van der Waals surface area contributed by atoms with Gasteiger partial charge >= 0.3 is 0 Å². The molecule has 1 aliphatic rings. The number of rotatable bonds is 6. The van der Waals surface area contributed by atoms with Crippen molar-refractivity contribution < 1.29 is 4.74 Å². The maximum absolute atomic E-state index is 5.69. The molecule has 0 unspecified atom stereocenters. The molecule has 1 saturated carbocycles. The quantitative estimate of drug-likeness (QED) is 0.815. The Labute approximate surface area is 119 Å². The molecule has 0 bridgehead atoms. The standard InChI is InChI=1S/C17H20N2O/c1-2-3-10-20-17-11-13(12-18-14-8-9-14)15-6-4-5-7-16(15)19-17/h2-7,11,14,18H,8-10,12H2,1H3. The van der Waals surface area contributed by atoms with E-state index < -0.39 is 0 Å². The van der Waals surface area contributed by atoms with E-state index in [-0.39, 0.29) is 0 Å². The number of benzene rings is 1. The highest BCUT2D eigenvalue weighted by molar-refractivity contribution is 5.82. The zero-order chi connectivity index (χ0) is 13.8. The topological polar surface area (TPSA) is 34.1 Å². The number of nitrogens with zero attached hydrogens (tertiary/aromatic N) is 1. The number of fused-ring (bicyclic) bond motifs is 1. The summed E-state index contributed by atoms with van der Waals surface area (Å²) in [6.07, 6.45) is 6.57. The van der Waals surface area contributed by atoms with Gasteiger partial charge < -0.3 is 10.1 Å². The Morgan fingerprint density at radius 1 is 1.35 bits per heavy atom. The van der Waals surface area contributed by atoms with Gasteiger partial charge in [0.15, 0.2) is 0 Å². The Balaban J connectivity index is 1.86. The smallest absolute Gasteiger partial charge is 0.214 e. The first-order valence-electron chi connectivity index (χ1n) is 7.23. The highest BCUT2D eigenvalue weighted by Gasteiger charge is 2.20. The molecule has 0 aliphatic heterocycles. The van der Waals surface area contributed by atoms with E-state index in [9.17, 15) is 0 Å². The van der Waals surface area contributed by atoms with Crippen LogP contribution < -0.4 is 10.1 Å². The van der Waals surface area contributed by atoms with E-state index >= 15 is 0 Å². The molecule has 2 aromatic rings. The monoisotopic (exact) mass is 268 g/mol. The Bertz CT molecular complexity index is 617. The zero-order valence-electron chi connectivity index (χ0n) is 11.8. The van der Waals surface area contributed by atoms with Crippen LogP contribution in [0.25, 0.3) is 10.9 Å². The summed E-state index contributed by atoms with van der Waals surface area (Å²) in [5, 5.41) is 4.77. The van der Waals surface area contributed by atoms with Crippen LogP contribution in [0.4, 0.5) is 0 Å². The molecule has 0 saturated heterocycles. The summed E-state index contributed by atoms with van der Waals surface area (Å²) in [4.78, 5) is 4.57. The van der Waals surface area contributed by atoms with Gasteiger partial charge in [0.05, 0.1) is 5.52 Å². The molecule has 3 rings (SSSR count).